The molecule has 1 heterocycles. The molecule has 3 aromatic rings. The van der Waals surface area contributed by atoms with Crippen LogP contribution in [0.15, 0.2) is 59.0 Å². The lowest BCUT2D eigenvalue weighted by Crippen LogP contribution is -2.05. The maximum atomic E-state index is 13.1. The van der Waals surface area contributed by atoms with Crippen LogP contribution < -0.4 is 4.74 Å². The largest absolute Gasteiger partial charge is 0.496 e. The van der Waals surface area contributed by atoms with E-state index in [1.165, 1.54) is 31.4 Å². The molecule has 0 aliphatic rings. The summed E-state index contributed by atoms with van der Waals surface area (Å²) in [4.78, 5) is 0. The van der Waals surface area contributed by atoms with Crippen LogP contribution in [0.4, 0.5) is 13.2 Å². The van der Waals surface area contributed by atoms with Gasteiger partial charge in [-0.2, -0.15) is 18.4 Å². The fraction of sp³-hybridized carbons (Fsp3) is 0.0952. The quantitative estimate of drug-likeness (QED) is 0.456. The SMILES string of the molecule is COc1ccccc1/C(C#N)=C/c1ccc(-c2ccc(Cl)c(C(F)(F)F)c2)o1. The van der Waals surface area contributed by atoms with Crippen molar-refractivity contribution < 1.29 is 22.3 Å². The van der Waals surface area contributed by atoms with E-state index in [9.17, 15) is 18.4 Å². The van der Waals surface area contributed by atoms with Gasteiger partial charge in [-0.05, 0) is 48.5 Å². The Morgan fingerprint density at radius 3 is 2.57 bits per heavy atom. The second-order valence-electron chi connectivity index (χ2n) is 5.76. The first-order chi connectivity index (χ1) is 13.3. The van der Waals surface area contributed by atoms with Crippen LogP contribution in [-0.2, 0) is 6.18 Å². The molecule has 0 unspecified atom stereocenters. The third-order valence-corrected chi connectivity index (χ3v) is 4.32. The number of allylic oxidation sites excluding steroid dienone is 1. The Hall–Kier alpha value is -3.17. The summed E-state index contributed by atoms with van der Waals surface area (Å²) in [6.07, 6.45) is -3.07. The van der Waals surface area contributed by atoms with Crippen LogP contribution in [0.2, 0.25) is 5.02 Å². The highest BCUT2D eigenvalue weighted by Crippen LogP contribution is 2.37. The molecular formula is C21H13ClF3NO2. The minimum Gasteiger partial charge on any atom is -0.496 e. The monoisotopic (exact) mass is 403 g/mol. The lowest BCUT2D eigenvalue weighted by atomic mass is 10.1. The van der Waals surface area contributed by atoms with Gasteiger partial charge in [-0.15, -0.1) is 0 Å². The number of furan rings is 1. The topological polar surface area (TPSA) is 46.2 Å². The van der Waals surface area contributed by atoms with Gasteiger partial charge in [0, 0.05) is 11.1 Å². The first-order valence-electron chi connectivity index (χ1n) is 8.05. The van der Waals surface area contributed by atoms with Crippen LogP contribution in [0.1, 0.15) is 16.9 Å². The van der Waals surface area contributed by atoms with E-state index in [-0.39, 0.29) is 16.3 Å². The maximum absolute atomic E-state index is 13.1. The maximum Gasteiger partial charge on any atom is 0.417 e. The highest BCUT2D eigenvalue weighted by atomic mass is 35.5. The van der Waals surface area contributed by atoms with Crippen LogP contribution in [0.25, 0.3) is 23.0 Å². The zero-order valence-corrected chi connectivity index (χ0v) is 15.3. The van der Waals surface area contributed by atoms with Gasteiger partial charge >= 0.3 is 6.18 Å². The Labute approximate surface area is 164 Å². The molecule has 0 saturated carbocycles. The van der Waals surface area contributed by atoms with Gasteiger partial charge in [0.05, 0.1) is 23.3 Å². The van der Waals surface area contributed by atoms with Crippen molar-refractivity contribution in [2.45, 2.75) is 6.18 Å². The van der Waals surface area contributed by atoms with Crippen molar-refractivity contribution in [2.24, 2.45) is 0 Å². The van der Waals surface area contributed by atoms with Gasteiger partial charge in [-0.25, -0.2) is 0 Å². The summed E-state index contributed by atoms with van der Waals surface area (Å²) < 4.78 is 50.0. The summed E-state index contributed by atoms with van der Waals surface area (Å²) in [7, 11) is 1.50. The Kier molecular flexibility index (Phi) is 5.48. The molecule has 7 heteroatoms. The summed E-state index contributed by atoms with van der Waals surface area (Å²) in [6.45, 7) is 0. The number of methoxy groups -OCH3 is 1. The van der Waals surface area contributed by atoms with Crippen molar-refractivity contribution in [3.05, 3.63) is 76.5 Å². The van der Waals surface area contributed by atoms with E-state index in [0.29, 0.717) is 22.6 Å². The number of ether oxygens (including phenoxy) is 1. The molecule has 0 spiro atoms. The molecule has 3 nitrogen and oxygen atoms in total. The molecule has 0 N–H and O–H groups in total. The second-order valence-corrected chi connectivity index (χ2v) is 6.17. The van der Waals surface area contributed by atoms with Crippen LogP contribution in [0, 0.1) is 11.3 Å². The van der Waals surface area contributed by atoms with Gasteiger partial charge in [0.15, 0.2) is 0 Å². The van der Waals surface area contributed by atoms with E-state index in [2.05, 4.69) is 6.07 Å². The number of hydrogen-bond acceptors (Lipinski definition) is 3. The van der Waals surface area contributed by atoms with E-state index >= 15 is 0 Å². The molecule has 0 amide bonds. The van der Waals surface area contributed by atoms with Crippen molar-refractivity contribution in [2.75, 3.05) is 7.11 Å². The van der Waals surface area contributed by atoms with Gasteiger partial charge in [0.25, 0.3) is 0 Å². The molecule has 2 aromatic carbocycles. The summed E-state index contributed by atoms with van der Waals surface area (Å²) >= 11 is 5.65. The fourth-order valence-corrected chi connectivity index (χ4v) is 2.89. The third kappa shape index (κ3) is 4.05. The molecule has 142 valence electrons. The first kappa shape index (κ1) is 19.6. The van der Waals surface area contributed by atoms with Crippen molar-refractivity contribution in [3.63, 3.8) is 0 Å². The summed E-state index contributed by atoms with van der Waals surface area (Å²) in [5.41, 5.74) is 0.167. The number of rotatable bonds is 4. The first-order valence-corrected chi connectivity index (χ1v) is 8.43. The van der Waals surface area contributed by atoms with E-state index in [1.807, 2.05) is 0 Å². The molecule has 0 atom stereocenters. The lowest BCUT2D eigenvalue weighted by Gasteiger charge is -2.09. The Bertz CT molecular complexity index is 1080. The summed E-state index contributed by atoms with van der Waals surface area (Å²) in [6, 6.07) is 15.7. The molecule has 3 rings (SSSR count). The number of nitriles is 1. The van der Waals surface area contributed by atoms with Crippen molar-refractivity contribution in [3.8, 4) is 23.1 Å². The Morgan fingerprint density at radius 1 is 1.14 bits per heavy atom. The fourth-order valence-electron chi connectivity index (χ4n) is 2.66. The second kappa shape index (κ2) is 7.83. The Morgan fingerprint density at radius 2 is 1.89 bits per heavy atom. The van der Waals surface area contributed by atoms with Gasteiger partial charge in [0.1, 0.15) is 23.3 Å². The van der Waals surface area contributed by atoms with E-state index in [4.69, 9.17) is 20.8 Å². The molecule has 28 heavy (non-hydrogen) atoms. The highest BCUT2D eigenvalue weighted by Gasteiger charge is 2.33. The molecule has 0 radical (unpaired) electrons. The van der Waals surface area contributed by atoms with Gasteiger partial charge in [-0.3, -0.25) is 0 Å². The number of nitrogens with zero attached hydrogens (tertiary/aromatic N) is 1. The van der Waals surface area contributed by atoms with Gasteiger partial charge in [0.2, 0.25) is 0 Å². The van der Waals surface area contributed by atoms with Crippen LogP contribution in [0.3, 0.4) is 0 Å². The zero-order valence-electron chi connectivity index (χ0n) is 14.5. The molecule has 0 aliphatic carbocycles. The van der Waals surface area contributed by atoms with Crippen LogP contribution >= 0.6 is 11.6 Å². The predicted molar refractivity (Wildman–Crippen MR) is 101 cm³/mol. The summed E-state index contributed by atoms with van der Waals surface area (Å²) in [5.74, 6) is 1.07. The standard InChI is InChI=1S/C21H13ClF3NO2/c1-27-20-5-3-2-4-16(20)14(12-26)10-15-7-9-19(28-15)13-6-8-18(22)17(11-13)21(23,24)25/h2-11H,1H3/b14-10+. The normalized spacial score (nSPS) is 11.9. The van der Waals surface area contributed by atoms with E-state index < -0.39 is 11.7 Å². The predicted octanol–water partition coefficient (Wildman–Crippen LogP) is 6.69. The van der Waals surface area contributed by atoms with Crippen LogP contribution in [0.5, 0.6) is 5.75 Å². The molecular weight excluding hydrogens is 391 g/mol. The van der Waals surface area contributed by atoms with Crippen LogP contribution in [-0.4, -0.2) is 7.11 Å². The van der Waals surface area contributed by atoms with Gasteiger partial charge in [-0.1, -0.05) is 23.7 Å². The smallest absolute Gasteiger partial charge is 0.417 e. The number of alkyl halides is 3. The number of halogens is 4. The number of benzene rings is 2. The average Bonchev–Trinajstić information content (AvgIpc) is 3.14. The minimum atomic E-state index is -4.57. The summed E-state index contributed by atoms with van der Waals surface area (Å²) in [5, 5.41) is 9.10. The average molecular weight is 404 g/mol. The van der Waals surface area contributed by atoms with Crippen molar-refractivity contribution >= 4 is 23.3 Å². The van der Waals surface area contributed by atoms with Gasteiger partial charge < -0.3 is 9.15 Å². The minimum absolute atomic E-state index is 0.228. The lowest BCUT2D eigenvalue weighted by molar-refractivity contribution is -0.137. The highest BCUT2D eigenvalue weighted by molar-refractivity contribution is 6.31. The molecule has 0 bridgehead atoms. The molecule has 0 fully saturated rings. The Balaban J connectivity index is 1.99. The molecule has 1 aromatic heterocycles. The van der Waals surface area contributed by atoms with E-state index in [0.717, 1.165) is 6.07 Å². The molecule has 0 aliphatic heterocycles. The van der Waals surface area contributed by atoms with Crippen molar-refractivity contribution in [1.29, 1.82) is 5.26 Å². The van der Waals surface area contributed by atoms with Crippen molar-refractivity contribution in [1.82, 2.24) is 0 Å². The van der Waals surface area contributed by atoms with E-state index in [1.54, 1.807) is 30.3 Å². The number of hydrogen-bond donors (Lipinski definition) is 0. The zero-order chi connectivity index (χ0) is 20.3. The molecule has 0 saturated heterocycles. The number of para-hydroxylation sites is 1. The third-order valence-electron chi connectivity index (χ3n) is 3.99.